The van der Waals surface area contributed by atoms with Crippen molar-refractivity contribution in [2.45, 2.75) is 19.1 Å². The first kappa shape index (κ1) is 19.0. The monoisotopic (exact) mass is 400 g/mol. The average Bonchev–Trinajstić information content (AvgIpc) is 3.03. The fourth-order valence-corrected chi connectivity index (χ4v) is 3.65. The van der Waals surface area contributed by atoms with Crippen molar-refractivity contribution in [3.63, 3.8) is 0 Å². The van der Waals surface area contributed by atoms with Gasteiger partial charge in [-0.15, -0.1) is 0 Å². The van der Waals surface area contributed by atoms with Crippen molar-refractivity contribution < 1.29 is 22.4 Å². The van der Waals surface area contributed by atoms with Gasteiger partial charge in [-0.3, -0.25) is 9.80 Å². The summed E-state index contributed by atoms with van der Waals surface area (Å²) in [5, 5.41) is 2.50. The predicted molar refractivity (Wildman–Crippen MR) is 100 cm³/mol. The molecule has 7 heteroatoms. The topological polar surface area (TPSA) is 23.6 Å². The third-order valence-electron chi connectivity index (χ3n) is 4.88. The second-order valence-electron chi connectivity index (χ2n) is 6.74. The summed E-state index contributed by atoms with van der Waals surface area (Å²) in [5.74, 6) is -0.872. The van der Waals surface area contributed by atoms with Gasteiger partial charge in [0.15, 0.2) is 0 Å². The van der Waals surface area contributed by atoms with Crippen LogP contribution in [0.3, 0.4) is 0 Å². The Labute approximate surface area is 164 Å². The number of carbonyl (C=O) groups excluding carboxylic acids is 1. The van der Waals surface area contributed by atoms with Gasteiger partial charge in [0.05, 0.1) is 11.3 Å². The van der Waals surface area contributed by atoms with Crippen molar-refractivity contribution in [2.75, 3.05) is 0 Å². The summed E-state index contributed by atoms with van der Waals surface area (Å²) in [6.45, 7) is 1.29. The van der Waals surface area contributed by atoms with E-state index in [4.69, 9.17) is 0 Å². The first-order valence-electron chi connectivity index (χ1n) is 8.88. The molecule has 29 heavy (non-hydrogen) atoms. The minimum atomic E-state index is -4.55. The zero-order chi connectivity index (χ0) is 20.8. The van der Waals surface area contributed by atoms with Gasteiger partial charge in [0.1, 0.15) is 11.9 Å². The lowest BCUT2D eigenvalue weighted by molar-refractivity contribution is -0.141. The largest absolute Gasteiger partial charge is 0.417 e. The Balaban J connectivity index is 1.95. The molecule has 1 atom stereocenters. The normalized spacial score (nSPS) is 18.8. The molecule has 1 unspecified atom stereocenters. The van der Waals surface area contributed by atoms with Gasteiger partial charge in [-0.25, -0.2) is 9.40 Å². The van der Waals surface area contributed by atoms with Gasteiger partial charge in [0, 0.05) is 18.7 Å². The standard InChI is InChI=1S/C22H16F4N2O/c1-14(29)28-21(16-7-10-18(23)11-8-16)20(15-5-3-2-4-6-15)19-12-9-17(13-27(19)28)22(24,25)26/h2-13,21H,1H3. The van der Waals surface area contributed by atoms with Crippen LogP contribution < -0.4 is 0 Å². The molecule has 2 aliphatic rings. The summed E-state index contributed by atoms with van der Waals surface area (Å²) in [7, 11) is 0. The molecule has 0 aromatic heterocycles. The number of halogens is 4. The van der Waals surface area contributed by atoms with E-state index in [1.807, 2.05) is 30.3 Å². The fraction of sp³-hybridized carbons (Fsp3) is 0.136. The first-order chi connectivity index (χ1) is 13.8. The summed E-state index contributed by atoms with van der Waals surface area (Å²) in [4.78, 5) is 12.5. The van der Waals surface area contributed by atoms with Gasteiger partial charge in [-0.2, -0.15) is 13.2 Å². The number of hydrogen-bond acceptors (Lipinski definition) is 2. The minimum absolute atomic E-state index is 0.434. The number of alkyl halides is 3. The van der Waals surface area contributed by atoms with Crippen LogP contribution in [0.1, 0.15) is 24.1 Å². The van der Waals surface area contributed by atoms with E-state index in [0.29, 0.717) is 16.8 Å². The molecule has 0 fully saturated rings. The molecule has 0 saturated heterocycles. The summed E-state index contributed by atoms with van der Waals surface area (Å²) >= 11 is 0. The van der Waals surface area contributed by atoms with Gasteiger partial charge >= 0.3 is 6.18 Å². The van der Waals surface area contributed by atoms with Crippen LogP contribution in [-0.2, 0) is 4.79 Å². The second-order valence-corrected chi connectivity index (χ2v) is 6.74. The number of carbonyl (C=O) groups is 1. The predicted octanol–water partition coefficient (Wildman–Crippen LogP) is 5.37. The smallest absolute Gasteiger partial charge is 0.273 e. The van der Waals surface area contributed by atoms with E-state index in [9.17, 15) is 22.4 Å². The maximum Gasteiger partial charge on any atom is 0.417 e. The second kappa shape index (κ2) is 6.92. The quantitative estimate of drug-likeness (QED) is 0.633. The van der Waals surface area contributed by atoms with Crippen molar-refractivity contribution in [1.29, 1.82) is 0 Å². The van der Waals surface area contributed by atoms with Gasteiger partial charge in [-0.1, -0.05) is 42.5 Å². The molecule has 2 heterocycles. The molecule has 0 bridgehead atoms. The van der Waals surface area contributed by atoms with E-state index in [-0.39, 0.29) is 0 Å². The first-order valence-corrected chi connectivity index (χ1v) is 8.88. The molecule has 2 aromatic carbocycles. The molecule has 4 rings (SSSR count). The van der Waals surface area contributed by atoms with Crippen LogP contribution in [-0.4, -0.2) is 22.1 Å². The van der Waals surface area contributed by atoms with Crippen LogP contribution in [0.4, 0.5) is 17.6 Å². The Kier molecular flexibility index (Phi) is 4.53. The lowest BCUT2D eigenvalue weighted by Crippen LogP contribution is -2.40. The number of rotatable bonds is 2. The fourth-order valence-electron chi connectivity index (χ4n) is 3.65. The van der Waals surface area contributed by atoms with Crippen LogP contribution in [0.5, 0.6) is 0 Å². The Morgan fingerprint density at radius 3 is 2.21 bits per heavy atom. The van der Waals surface area contributed by atoms with E-state index < -0.39 is 29.5 Å². The third kappa shape index (κ3) is 3.33. The summed E-state index contributed by atoms with van der Waals surface area (Å²) < 4.78 is 53.4. The van der Waals surface area contributed by atoms with Gasteiger partial charge in [0.25, 0.3) is 0 Å². The molecule has 2 aliphatic heterocycles. The number of benzene rings is 2. The van der Waals surface area contributed by atoms with Crippen molar-refractivity contribution >= 4 is 11.5 Å². The number of nitrogens with zero attached hydrogens (tertiary/aromatic N) is 2. The highest BCUT2D eigenvalue weighted by Gasteiger charge is 2.44. The number of fused-ring (bicyclic) bond motifs is 1. The molecule has 0 saturated carbocycles. The van der Waals surface area contributed by atoms with Crippen molar-refractivity contribution in [1.82, 2.24) is 10.0 Å². The van der Waals surface area contributed by atoms with E-state index >= 15 is 0 Å². The van der Waals surface area contributed by atoms with E-state index in [2.05, 4.69) is 0 Å². The van der Waals surface area contributed by atoms with E-state index in [1.54, 1.807) is 0 Å². The van der Waals surface area contributed by atoms with Gasteiger partial charge in [-0.05, 0) is 35.4 Å². The lowest BCUT2D eigenvalue weighted by atomic mass is 9.91. The molecular weight excluding hydrogens is 384 g/mol. The average molecular weight is 400 g/mol. The SMILES string of the molecule is CC(=O)N1C(c2ccc(F)cc2)C(c2ccccc2)=C2C=CC(C(F)(F)F)=CN21. The highest BCUT2D eigenvalue weighted by Crippen LogP contribution is 2.48. The van der Waals surface area contributed by atoms with E-state index in [1.165, 1.54) is 47.3 Å². The van der Waals surface area contributed by atoms with Crippen LogP contribution in [0, 0.1) is 5.82 Å². The van der Waals surface area contributed by atoms with Crippen molar-refractivity contribution in [2.24, 2.45) is 0 Å². The Morgan fingerprint density at radius 2 is 1.62 bits per heavy atom. The zero-order valence-corrected chi connectivity index (χ0v) is 15.3. The van der Waals surface area contributed by atoms with Crippen LogP contribution >= 0.6 is 0 Å². The molecule has 0 spiro atoms. The number of hydrogen-bond donors (Lipinski definition) is 0. The van der Waals surface area contributed by atoms with Crippen molar-refractivity contribution in [3.05, 3.63) is 101 Å². The summed E-state index contributed by atoms with van der Waals surface area (Å²) in [6, 6.07) is 14.0. The van der Waals surface area contributed by atoms with E-state index in [0.717, 1.165) is 17.8 Å². The van der Waals surface area contributed by atoms with Crippen molar-refractivity contribution in [3.8, 4) is 0 Å². The van der Waals surface area contributed by atoms with Crippen LogP contribution in [0.2, 0.25) is 0 Å². The minimum Gasteiger partial charge on any atom is -0.273 e. The molecule has 0 radical (unpaired) electrons. The molecular formula is C22H16F4N2O. The molecule has 3 nitrogen and oxygen atoms in total. The molecule has 0 N–H and O–H groups in total. The molecule has 0 aliphatic carbocycles. The number of allylic oxidation sites excluding steroid dienone is 3. The highest BCUT2D eigenvalue weighted by molar-refractivity contribution is 5.85. The highest BCUT2D eigenvalue weighted by atomic mass is 19.4. The molecule has 2 aromatic rings. The Hall–Kier alpha value is -3.35. The van der Waals surface area contributed by atoms with Gasteiger partial charge < -0.3 is 0 Å². The van der Waals surface area contributed by atoms with Crippen LogP contribution in [0.25, 0.3) is 5.57 Å². The summed E-state index contributed by atoms with van der Waals surface area (Å²) in [6.07, 6.45) is -1.26. The number of amides is 1. The Morgan fingerprint density at radius 1 is 0.966 bits per heavy atom. The maximum atomic E-state index is 13.5. The van der Waals surface area contributed by atoms with Gasteiger partial charge in [0.2, 0.25) is 5.91 Å². The number of hydrazine groups is 1. The Bertz CT molecular complexity index is 1040. The molecule has 1 amide bonds. The molecule has 148 valence electrons. The zero-order valence-electron chi connectivity index (χ0n) is 15.3. The van der Waals surface area contributed by atoms with Crippen LogP contribution in [0.15, 0.2) is 84.2 Å². The maximum absolute atomic E-state index is 13.5. The third-order valence-corrected chi connectivity index (χ3v) is 4.88. The summed E-state index contributed by atoms with van der Waals surface area (Å²) in [5.41, 5.74) is 1.63. The lowest BCUT2D eigenvalue weighted by Gasteiger charge is -2.34.